The molecule has 2 saturated heterocycles. The van der Waals surface area contributed by atoms with Crippen molar-refractivity contribution in [1.82, 2.24) is 9.80 Å². The summed E-state index contributed by atoms with van der Waals surface area (Å²) in [4.78, 5) is 29.0. The molecule has 1 aromatic rings. The lowest BCUT2D eigenvalue weighted by atomic mass is 9.81. The lowest BCUT2D eigenvalue weighted by Gasteiger charge is -2.43. The fraction of sp³-hybridized carbons (Fsp3) is 0.619. The van der Waals surface area contributed by atoms with Crippen LogP contribution in [0.25, 0.3) is 0 Å². The smallest absolute Gasteiger partial charge is 0.248 e. The Bertz CT molecular complexity index is 623. The van der Waals surface area contributed by atoms with Gasteiger partial charge in [-0.25, -0.2) is 0 Å². The van der Waals surface area contributed by atoms with E-state index in [2.05, 4.69) is 6.92 Å². The maximum atomic E-state index is 12.8. The van der Waals surface area contributed by atoms with Gasteiger partial charge in [-0.1, -0.05) is 43.7 Å². The van der Waals surface area contributed by atoms with E-state index in [0.717, 1.165) is 37.7 Å². The Labute approximate surface area is 156 Å². The van der Waals surface area contributed by atoms with E-state index in [1.807, 2.05) is 47.2 Å². The van der Waals surface area contributed by atoms with Gasteiger partial charge in [0, 0.05) is 32.3 Å². The first-order valence-electron chi connectivity index (χ1n) is 9.75. The molecule has 26 heavy (non-hydrogen) atoms. The largest absolute Gasteiger partial charge is 0.372 e. The molecule has 3 rings (SSSR count). The molecule has 1 aromatic carbocycles. The molecule has 0 N–H and O–H groups in total. The number of carbonyl (C=O) groups excluding carboxylic acids is 2. The van der Waals surface area contributed by atoms with E-state index in [4.69, 9.17) is 4.74 Å². The second-order valence-corrected chi connectivity index (χ2v) is 7.58. The molecule has 2 amide bonds. The van der Waals surface area contributed by atoms with Gasteiger partial charge in [-0.15, -0.1) is 0 Å². The Hall–Kier alpha value is -1.88. The third-order valence-corrected chi connectivity index (χ3v) is 6.04. The highest BCUT2D eigenvalue weighted by Gasteiger charge is 2.50. The number of likely N-dealkylation sites (N-methyl/N-ethyl adjacent to an activating group) is 1. The molecule has 0 bridgehead atoms. The maximum Gasteiger partial charge on any atom is 0.248 e. The molecule has 0 saturated carbocycles. The number of carbonyl (C=O) groups is 2. The molecule has 2 fully saturated rings. The SMILES string of the molecule is CCCCOCC(=O)N1CCC2(CC1)C[C@@H](c1ccccc1)C(=O)N2C. The summed E-state index contributed by atoms with van der Waals surface area (Å²) >= 11 is 0. The molecule has 1 spiro atoms. The van der Waals surface area contributed by atoms with Crippen molar-refractivity contribution < 1.29 is 14.3 Å². The number of piperidine rings is 1. The summed E-state index contributed by atoms with van der Waals surface area (Å²) in [5, 5.41) is 0. The quantitative estimate of drug-likeness (QED) is 0.735. The topological polar surface area (TPSA) is 49.9 Å². The van der Waals surface area contributed by atoms with Crippen LogP contribution in [0.5, 0.6) is 0 Å². The number of unbranched alkanes of at least 4 members (excludes halogenated alkanes) is 1. The van der Waals surface area contributed by atoms with Crippen LogP contribution in [0.3, 0.4) is 0 Å². The van der Waals surface area contributed by atoms with Gasteiger partial charge in [0.2, 0.25) is 11.8 Å². The van der Waals surface area contributed by atoms with Crippen LogP contribution in [0.1, 0.15) is 50.5 Å². The molecule has 0 aromatic heterocycles. The lowest BCUT2D eigenvalue weighted by Crippen LogP contribution is -2.53. The summed E-state index contributed by atoms with van der Waals surface area (Å²) in [5.74, 6) is 0.224. The first-order chi connectivity index (χ1) is 12.6. The van der Waals surface area contributed by atoms with Gasteiger partial charge in [-0.3, -0.25) is 9.59 Å². The highest BCUT2D eigenvalue weighted by Crippen LogP contribution is 2.44. The Morgan fingerprint density at radius 2 is 1.92 bits per heavy atom. The molecule has 5 nitrogen and oxygen atoms in total. The first kappa shape index (κ1) is 18.9. The zero-order valence-electron chi connectivity index (χ0n) is 15.9. The number of likely N-dealkylation sites (tertiary alicyclic amines) is 2. The minimum absolute atomic E-state index is 0.0548. The van der Waals surface area contributed by atoms with Crippen molar-refractivity contribution in [3.05, 3.63) is 35.9 Å². The zero-order valence-corrected chi connectivity index (χ0v) is 15.9. The number of hydrogen-bond donors (Lipinski definition) is 0. The number of ether oxygens (including phenoxy) is 1. The molecule has 2 heterocycles. The van der Waals surface area contributed by atoms with Gasteiger partial charge in [-0.05, 0) is 31.2 Å². The second kappa shape index (κ2) is 8.21. The minimum Gasteiger partial charge on any atom is -0.372 e. The lowest BCUT2D eigenvalue weighted by molar-refractivity contribution is -0.139. The summed E-state index contributed by atoms with van der Waals surface area (Å²) in [6, 6.07) is 10.1. The van der Waals surface area contributed by atoms with E-state index in [-0.39, 0.29) is 29.9 Å². The molecular formula is C21H30N2O3. The van der Waals surface area contributed by atoms with E-state index in [0.29, 0.717) is 19.7 Å². The fourth-order valence-electron chi connectivity index (χ4n) is 4.23. The summed E-state index contributed by atoms with van der Waals surface area (Å²) in [5.41, 5.74) is 0.987. The third-order valence-electron chi connectivity index (χ3n) is 6.04. The fourth-order valence-corrected chi connectivity index (χ4v) is 4.23. The van der Waals surface area contributed by atoms with Gasteiger partial charge in [0.05, 0.1) is 5.92 Å². The number of rotatable bonds is 6. The molecule has 2 aliphatic rings. The number of hydrogen-bond acceptors (Lipinski definition) is 3. The van der Waals surface area contributed by atoms with Gasteiger partial charge in [-0.2, -0.15) is 0 Å². The first-order valence-corrected chi connectivity index (χ1v) is 9.75. The van der Waals surface area contributed by atoms with Crippen molar-refractivity contribution in [3.63, 3.8) is 0 Å². The molecular weight excluding hydrogens is 328 g/mol. The Kier molecular flexibility index (Phi) is 5.97. The highest BCUT2D eigenvalue weighted by molar-refractivity contribution is 5.87. The molecule has 5 heteroatoms. The third kappa shape index (κ3) is 3.78. The van der Waals surface area contributed by atoms with Crippen LogP contribution in [0.15, 0.2) is 30.3 Å². The second-order valence-electron chi connectivity index (χ2n) is 7.58. The zero-order chi connectivity index (χ0) is 18.6. The number of benzene rings is 1. The summed E-state index contributed by atoms with van der Waals surface area (Å²) in [7, 11) is 1.93. The average Bonchev–Trinajstić information content (AvgIpc) is 2.92. The van der Waals surface area contributed by atoms with Crippen molar-refractivity contribution in [3.8, 4) is 0 Å². The van der Waals surface area contributed by atoms with Crippen LogP contribution in [0.2, 0.25) is 0 Å². The average molecular weight is 358 g/mol. The molecule has 0 unspecified atom stereocenters. The van der Waals surface area contributed by atoms with Crippen LogP contribution in [0, 0.1) is 0 Å². The van der Waals surface area contributed by atoms with Crippen LogP contribution in [-0.4, -0.2) is 60.5 Å². The summed E-state index contributed by atoms with van der Waals surface area (Å²) < 4.78 is 5.46. The van der Waals surface area contributed by atoms with Crippen molar-refractivity contribution >= 4 is 11.8 Å². The molecule has 2 aliphatic heterocycles. The van der Waals surface area contributed by atoms with Crippen LogP contribution < -0.4 is 0 Å². The normalized spacial score (nSPS) is 22.2. The standard InChI is InChI=1S/C21H30N2O3/c1-3-4-14-26-16-19(24)23-12-10-21(11-13-23)15-18(20(25)22(21)2)17-8-6-5-7-9-17/h5-9,18H,3-4,10-16H2,1-2H3/t18-/m0/s1. The number of amides is 2. The maximum absolute atomic E-state index is 12.8. The van der Waals surface area contributed by atoms with Crippen LogP contribution in [0.4, 0.5) is 0 Å². The highest BCUT2D eigenvalue weighted by atomic mass is 16.5. The van der Waals surface area contributed by atoms with E-state index in [9.17, 15) is 9.59 Å². The molecule has 142 valence electrons. The van der Waals surface area contributed by atoms with E-state index in [1.165, 1.54) is 0 Å². The summed E-state index contributed by atoms with van der Waals surface area (Å²) in [6.45, 7) is 4.34. The van der Waals surface area contributed by atoms with Crippen molar-refractivity contribution in [2.24, 2.45) is 0 Å². The van der Waals surface area contributed by atoms with Crippen LogP contribution >= 0.6 is 0 Å². The van der Waals surface area contributed by atoms with E-state index < -0.39 is 0 Å². The van der Waals surface area contributed by atoms with Crippen molar-refractivity contribution in [2.75, 3.05) is 33.4 Å². The van der Waals surface area contributed by atoms with Gasteiger partial charge in [0.1, 0.15) is 6.61 Å². The predicted molar refractivity (Wildman–Crippen MR) is 101 cm³/mol. The van der Waals surface area contributed by atoms with Gasteiger partial charge in [0.25, 0.3) is 0 Å². The molecule has 1 atom stereocenters. The van der Waals surface area contributed by atoms with Gasteiger partial charge in [0.15, 0.2) is 0 Å². The Morgan fingerprint density at radius 3 is 2.58 bits per heavy atom. The summed E-state index contributed by atoms with van der Waals surface area (Å²) in [6.07, 6.45) is 4.60. The number of nitrogens with zero attached hydrogens (tertiary/aromatic N) is 2. The monoisotopic (exact) mass is 358 g/mol. The predicted octanol–water partition coefficient (Wildman–Crippen LogP) is 2.81. The van der Waals surface area contributed by atoms with Gasteiger partial charge >= 0.3 is 0 Å². The van der Waals surface area contributed by atoms with Crippen molar-refractivity contribution in [1.29, 1.82) is 0 Å². The molecule has 0 aliphatic carbocycles. The van der Waals surface area contributed by atoms with E-state index in [1.54, 1.807) is 0 Å². The minimum atomic E-state index is -0.114. The Morgan fingerprint density at radius 1 is 1.23 bits per heavy atom. The van der Waals surface area contributed by atoms with E-state index >= 15 is 0 Å². The molecule has 0 radical (unpaired) electrons. The van der Waals surface area contributed by atoms with Crippen LogP contribution in [-0.2, 0) is 14.3 Å². The Balaban J connectivity index is 1.58. The van der Waals surface area contributed by atoms with Crippen molar-refractivity contribution in [2.45, 2.75) is 50.5 Å². The van der Waals surface area contributed by atoms with Gasteiger partial charge < -0.3 is 14.5 Å².